The summed E-state index contributed by atoms with van der Waals surface area (Å²) >= 11 is 0. The average Bonchev–Trinajstić information content (AvgIpc) is 2.36. The van der Waals surface area contributed by atoms with Crippen LogP contribution in [0.25, 0.3) is 0 Å². The van der Waals surface area contributed by atoms with E-state index in [0.717, 1.165) is 25.8 Å². The van der Waals surface area contributed by atoms with Gasteiger partial charge in [0.25, 0.3) is 0 Å². The molecule has 1 aliphatic rings. The molecule has 4 nitrogen and oxygen atoms in total. The van der Waals surface area contributed by atoms with Crippen molar-refractivity contribution in [1.29, 1.82) is 0 Å². The van der Waals surface area contributed by atoms with Gasteiger partial charge in [-0.3, -0.25) is 10.1 Å². The molecular weight excluding hydrogens is 252 g/mol. The van der Waals surface area contributed by atoms with Crippen molar-refractivity contribution in [3.05, 3.63) is 0 Å². The Labute approximate surface area is 124 Å². The number of rotatable bonds is 6. The molecule has 0 radical (unpaired) electrons. The maximum atomic E-state index is 12.3. The van der Waals surface area contributed by atoms with E-state index in [0.29, 0.717) is 12.0 Å². The highest BCUT2D eigenvalue weighted by molar-refractivity contribution is 5.81. The first-order chi connectivity index (χ1) is 9.30. The van der Waals surface area contributed by atoms with Crippen molar-refractivity contribution in [3.8, 4) is 0 Å². The molecule has 4 heteroatoms. The fourth-order valence-corrected chi connectivity index (χ4v) is 3.47. The molecule has 0 heterocycles. The first-order valence-corrected chi connectivity index (χ1v) is 7.87. The molecule has 0 spiro atoms. The fraction of sp³-hybridized carbons (Fsp3) is 0.938. The van der Waals surface area contributed by atoms with Crippen LogP contribution in [0, 0.1) is 5.92 Å². The molecule has 2 atom stereocenters. The maximum Gasteiger partial charge on any atom is 0.326 e. The molecule has 1 fully saturated rings. The first kappa shape index (κ1) is 17.4. The van der Waals surface area contributed by atoms with Gasteiger partial charge in [0.15, 0.2) is 0 Å². The van der Waals surface area contributed by atoms with E-state index in [1.54, 1.807) is 0 Å². The van der Waals surface area contributed by atoms with Gasteiger partial charge in [0.1, 0.15) is 5.54 Å². The number of carbonyl (C=O) groups excluding carboxylic acids is 1. The Morgan fingerprint density at radius 3 is 2.55 bits per heavy atom. The normalized spacial score (nSPS) is 27.4. The number of nitrogens with one attached hydrogen (secondary N) is 1. The summed E-state index contributed by atoms with van der Waals surface area (Å²) in [6.07, 6.45) is 3.97. The molecule has 1 saturated carbocycles. The van der Waals surface area contributed by atoms with Crippen LogP contribution in [0.1, 0.15) is 53.4 Å². The second-order valence-corrected chi connectivity index (χ2v) is 6.96. The quantitative estimate of drug-likeness (QED) is 0.761. The van der Waals surface area contributed by atoms with Crippen LogP contribution in [-0.4, -0.2) is 49.2 Å². The van der Waals surface area contributed by atoms with Crippen LogP contribution in [0.5, 0.6) is 0 Å². The second-order valence-electron chi connectivity index (χ2n) is 6.96. The van der Waals surface area contributed by atoms with Gasteiger partial charge >= 0.3 is 5.97 Å². The van der Waals surface area contributed by atoms with E-state index in [2.05, 4.69) is 45.0 Å². The Morgan fingerprint density at radius 1 is 1.40 bits per heavy atom. The topological polar surface area (TPSA) is 41.6 Å². The van der Waals surface area contributed by atoms with Gasteiger partial charge in [0.05, 0.1) is 7.11 Å². The largest absolute Gasteiger partial charge is 0.468 e. The monoisotopic (exact) mass is 284 g/mol. The smallest absolute Gasteiger partial charge is 0.326 e. The van der Waals surface area contributed by atoms with Gasteiger partial charge in [-0.25, -0.2) is 0 Å². The van der Waals surface area contributed by atoms with Crippen LogP contribution >= 0.6 is 0 Å². The molecule has 20 heavy (non-hydrogen) atoms. The predicted octanol–water partition coefficient (Wildman–Crippen LogP) is 2.43. The number of esters is 1. The highest BCUT2D eigenvalue weighted by Gasteiger charge is 2.44. The minimum Gasteiger partial charge on any atom is -0.468 e. The molecule has 0 aromatic carbocycles. The van der Waals surface area contributed by atoms with Crippen molar-refractivity contribution in [2.75, 3.05) is 20.7 Å². The molecule has 2 unspecified atom stereocenters. The summed E-state index contributed by atoms with van der Waals surface area (Å²) < 4.78 is 5.08. The molecule has 118 valence electrons. The van der Waals surface area contributed by atoms with Crippen LogP contribution in [0.3, 0.4) is 0 Å². The zero-order chi connectivity index (χ0) is 15.3. The average molecular weight is 284 g/mol. The molecule has 1 N–H and O–H groups in total. The standard InChI is InChI=1S/C16H32N2O2/c1-12(2)11-18(5)14-8-7-9-16(10-14,15(19)20-6)17-13(3)4/h12-14,17H,7-11H2,1-6H3. The summed E-state index contributed by atoms with van der Waals surface area (Å²) in [5, 5.41) is 3.48. The number of methoxy groups -OCH3 is 1. The Morgan fingerprint density at radius 2 is 2.05 bits per heavy atom. The second kappa shape index (κ2) is 7.41. The maximum absolute atomic E-state index is 12.3. The van der Waals surface area contributed by atoms with E-state index < -0.39 is 5.54 Å². The van der Waals surface area contributed by atoms with Gasteiger partial charge in [-0.2, -0.15) is 0 Å². The molecule has 0 bridgehead atoms. The molecule has 1 aliphatic carbocycles. The SMILES string of the molecule is COC(=O)C1(NC(C)C)CCCC(N(C)CC(C)C)C1. The Hall–Kier alpha value is -0.610. The van der Waals surface area contributed by atoms with Crippen LogP contribution in [-0.2, 0) is 9.53 Å². The van der Waals surface area contributed by atoms with Crippen LogP contribution < -0.4 is 5.32 Å². The van der Waals surface area contributed by atoms with Gasteiger partial charge in [-0.1, -0.05) is 13.8 Å². The number of nitrogens with zero attached hydrogens (tertiary/aromatic N) is 1. The molecule has 0 amide bonds. The summed E-state index contributed by atoms with van der Waals surface area (Å²) in [6, 6.07) is 0.736. The highest BCUT2D eigenvalue weighted by atomic mass is 16.5. The van der Waals surface area contributed by atoms with Crippen molar-refractivity contribution in [1.82, 2.24) is 10.2 Å². The van der Waals surface area contributed by atoms with Crippen molar-refractivity contribution >= 4 is 5.97 Å². The van der Waals surface area contributed by atoms with Crippen LogP contribution in [0.2, 0.25) is 0 Å². The van der Waals surface area contributed by atoms with Crippen LogP contribution in [0.4, 0.5) is 0 Å². The van der Waals surface area contributed by atoms with E-state index in [1.165, 1.54) is 13.5 Å². The zero-order valence-corrected chi connectivity index (χ0v) is 14.0. The third kappa shape index (κ3) is 4.45. The molecule has 0 aliphatic heterocycles. The number of hydrogen-bond donors (Lipinski definition) is 1. The predicted molar refractivity (Wildman–Crippen MR) is 82.7 cm³/mol. The Kier molecular flexibility index (Phi) is 6.46. The van der Waals surface area contributed by atoms with Gasteiger partial charge < -0.3 is 9.64 Å². The van der Waals surface area contributed by atoms with Gasteiger partial charge in [-0.15, -0.1) is 0 Å². The zero-order valence-electron chi connectivity index (χ0n) is 14.0. The molecule has 0 saturated heterocycles. The van der Waals surface area contributed by atoms with Crippen molar-refractivity contribution in [3.63, 3.8) is 0 Å². The minimum atomic E-state index is -0.503. The summed E-state index contributed by atoms with van der Waals surface area (Å²) in [5.74, 6) is 0.543. The van der Waals surface area contributed by atoms with Gasteiger partial charge in [0, 0.05) is 18.6 Å². The van der Waals surface area contributed by atoms with E-state index in [-0.39, 0.29) is 12.0 Å². The van der Waals surface area contributed by atoms with Crippen LogP contribution in [0.15, 0.2) is 0 Å². The van der Waals surface area contributed by atoms with E-state index in [1.807, 2.05) is 0 Å². The minimum absolute atomic E-state index is 0.103. The van der Waals surface area contributed by atoms with E-state index in [4.69, 9.17) is 4.74 Å². The summed E-state index contributed by atoms with van der Waals surface area (Å²) in [6.45, 7) is 9.72. The fourth-order valence-electron chi connectivity index (χ4n) is 3.47. The van der Waals surface area contributed by atoms with Gasteiger partial charge in [-0.05, 0) is 52.5 Å². The van der Waals surface area contributed by atoms with Crippen molar-refractivity contribution in [2.45, 2.75) is 71.0 Å². The molecule has 0 aromatic rings. The molecule has 1 rings (SSSR count). The summed E-state index contributed by atoms with van der Waals surface area (Å²) in [7, 11) is 3.67. The number of ether oxygens (including phenoxy) is 1. The Balaban J connectivity index is 2.82. The summed E-state index contributed by atoms with van der Waals surface area (Å²) in [5.41, 5.74) is -0.503. The lowest BCUT2D eigenvalue weighted by Gasteiger charge is -2.43. The molecule has 0 aromatic heterocycles. The lowest BCUT2D eigenvalue weighted by atomic mass is 9.77. The lowest BCUT2D eigenvalue weighted by molar-refractivity contribution is -0.151. The van der Waals surface area contributed by atoms with E-state index in [9.17, 15) is 4.79 Å². The number of hydrogen-bond acceptors (Lipinski definition) is 4. The van der Waals surface area contributed by atoms with Crippen molar-refractivity contribution in [2.24, 2.45) is 5.92 Å². The third-order valence-electron chi connectivity index (χ3n) is 4.14. The number of carbonyl (C=O) groups is 1. The molecular formula is C16H32N2O2. The third-order valence-corrected chi connectivity index (χ3v) is 4.14. The van der Waals surface area contributed by atoms with Gasteiger partial charge in [0.2, 0.25) is 0 Å². The summed E-state index contributed by atoms with van der Waals surface area (Å²) in [4.78, 5) is 14.7. The highest BCUT2D eigenvalue weighted by Crippen LogP contribution is 2.32. The first-order valence-electron chi connectivity index (χ1n) is 7.87. The van der Waals surface area contributed by atoms with Crippen molar-refractivity contribution < 1.29 is 9.53 Å². The van der Waals surface area contributed by atoms with E-state index >= 15 is 0 Å². The lowest BCUT2D eigenvalue weighted by Crippen LogP contribution is -2.60. The Bertz CT molecular complexity index is 318.